The summed E-state index contributed by atoms with van der Waals surface area (Å²) in [6.45, 7) is 5.85. The van der Waals surface area contributed by atoms with Crippen molar-refractivity contribution < 1.29 is 5.11 Å². The molecule has 3 aromatic rings. The van der Waals surface area contributed by atoms with E-state index >= 15 is 0 Å². The van der Waals surface area contributed by atoms with Crippen LogP contribution in [0.1, 0.15) is 25.5 Å². The number of aromatic nitrogens is 4. The first-order chi connectivity index (χ1) is 13.4. The van der Waals surface area contributed by atoms with Crippen LogP contribution in [0, 0.1) is 5.41 Å². The minimum absolute atomic E-state index is 0.120. The van der Waals surface area contributed by atoms with Crippen molar-refractivity contribution in [3.63, 3.8) is 0 Å². The van der Waals surface area contributed by atoms with Crippen LogP contribution in [0.25, 0.3) is 11.4 Å². The van der Waals surface area contributed by atoms with E-state index in [0.717, 1.165) is 5.56 Å². The molecule has 0 spiro atoms. The van der Waals surface area contributed by atoms with E-state index in [-0.39, 0.29) is 11.0 Å². The molecule has 28 heavy (non-hydrogen) atoms. The van der Waals surface area contributed by atoms with Gasteiger partial charge in [-0.3, -0.25) is 9.36 Å². The normalized spacial score (nSPS) is 16.5. The largest absolute Gasteiger partial charge is 0.387 e. The highest BCUT2D eigenvalue weighted by molar-refractivity contribution is 5.55. The molecule has 1 aliphatic rings. The second kappa shape index (κ2) is 7.16. The lowest BCUT2D eigenvalue weighted by atomic mass is 9.90. The van der Waals surface area contributed by atoms with Crippen molar-refractivity contribution in [3.05, 3.63) is 70.9 Å². The smallest absolute Gasteiger partial charge is 0.255 e. The Bertz CT molecular complexity index is 1020. The molecule has 0 unspecified atom stereocenters. The number of hydrogen-bond donors (Lipinski definition) is 1. The van der Waals surface area contributed by atoms with Gasteiger partial charge in [-0.05, 0) is 11.6 Å². The van der Waals surface area contributed by atoms with E-state index in [1.165, 1.54) is 12.4 Å². The molecule has 7 heteroatoms. The Hall–Kier alpha value is -3.06. The number of β-amino-alcohol motifs (C(OH)–C–C–N with tert-alkyl or cyclic N) is 1. The third-order valence-corrected chi connectivity index (χ3v) is 4.90. The van der Waals surface area contributed by atoms with Crippen LogP contribution in [0.15, 0.2) is 59.8 Å². The molecule has 4 rings (SSSR count). The fraction of sp³-hybridized carbons (Fsp3) is 0.333. The number of rotatable bonds is 4. The van der Waals surface area contributed by atoms with Crippen molar-refractivity contribution in [2.45, 2.75) is 26.5 Å². The van der Waals surface area contributed by atoms with E-state index in [9.17, 15) is 9.90 Å². The lowest BCUT2D eigenvalue weighted by Gasteiger charge is -2.41. The zero-order valence-corrected chi connectivity index (χ0v) is 16.0. The fourth-order valence-electron chi connectivity index (χ4n) is 3.66. The van der Waals surface area contributed by atoms with Gasteiger partial charge in [-0.25, -0.2) is 15.0 Å². The summed E-state index contributed by atoms with van der Waals surface area (Å²) in [5, 5.41) is 10.7. The molecule has 0 radical (unpaired) electrons. The van der Waals surface area contributed by atoms with Gasteiger partial charge >= 0.3 is 0 Å². The van der Waals surface area contributed by atoms with Crippen LogP contribution >= 0.6 is 0 Å². The van der Waals surface area contributed by atoms with Gasteiger partial charge in [0.05, 0.1) is 24.0 Å². The molecule has 0 bridgehead atoms. The second-order valence-electron chi connectivity index (χ2n) is 7.93. The Morgan fingerprint density at radius 3 is 2.64 bits per heavy atom. The molecule has 1 N–H and O–H groups in total. The third-order valence-electron chi connectivity index (χ3n) is 4.90. The van der Waals surface area contributed by atoms with Crippen LogP contribution in [-0.2, 0) is 6.54 Å². The van der Waals surface area contributed by atoms with E-state index in [2.05, 4.69) is 23.8 Å². The van der Waals surface area contributed by atoms with Crippen molar-refractivity contribution >= 4 is 5.95 Å². The molecule has 1 atom stereocenters. The molecule has 1 aliphatic heterocycles. The molecular formula is C21H23N5O2. The van der Waals surface area contributed by atoms with E-state index < -0.39 is 6.10 Å². The minimum Gasteiger partial charge on any atom is -0.387 e. The summed E-state index contributed by atoms with van der Waals surface area (Å²) in [5.74, 6) is 0.565. The Balaban J connectivity index is 1.74. The van der Waals surface area contributed by atoms with Crippen molar-refractivity contribution in [1.29, 1.82) is 0 Å². The number of aliphatic hydroxyl groups is 1. The molecule has 2 aromatic heterocycles. The monoisotopic (exact) mass is 377 g/mol. The molecular weight excluding hydrogens is 354 g/mol. The third kappa shape index (κ3) is 3.66. The molecule has 0 saturated carbocycles. The van der Waals surface area contributed by atoms with Crippen molar-refractivity contribution in [2.24, 2.45) is 5.41 Å². The standard InChI is InChI=1S/C21H23N5O2/c1-21(2)12-25(11-18(27)15-6-4-3-5-7-15)20-24-17(10-19(28)26(20)13-21)16-8-9-22-14-23-16/h3-10,14,18,27H,11-13H2,1-2H3/t18-/m1/s1. The van der Waals surface area contributed by atoms with Gasteiger partial charge in [0.2, 0.25) is 5.95 Å². The Kier molecular flexibility index (Phi) is 4.68. The highest BCUT2D eigenvalue weighted by Crippen LogP contribution is 2.31. The van der Waals surface area contributed by atoms with Crippen LogP contribution in [0.3, 0.4) is 0 Å². The number of aliphatic hydroxyl groups excluding tert-OH is 1. The van der Waals surface area contributed by atoms with Gasteiger partial charge in [0.25, 0.3) is 5.56 Å². The predicted octanol–water partition coefficient (Wildman–Crippen LogP) is 2.28. The van der Waals surface area contributed by atoms with Crippen LogP contribution in [0.4, 0.5) is 5.95 Å². The van der Waals surface area contributed by atoms with Gasteiger partial charge in [-0.15, -0.1) is 0 Å². The van der Waals surface area contributed by atoms with Crippen molar-refractivity contribution in [3.8, 4) is 11.4 Å². The minimum atomic E-state index is -0.678. The maximum absolute atomic E-state index is 12.8. The van der Waals surface area contributed by atoms with Gasteiger partial charge in [-0.2, -0.15) is 0 Å². The number of hydrogen-bond acceptors (Lipinski definition) is 6. The Morgan fingerprint density at radius 1 is 1.14 bits per heavy atom. The van der Waals surface area contributed by atoms with E-state index in [0.29, 0.717) is 37.0 Å². The summed E-state index contributed by atoms with van der Waals surface area (Å²) in [4.78, 5) is 27.7. The summed E-state index contributed by atoms with van der Waals surface area (Å²) < 4.78 is 1.69. The summed E-state index contributed by atoms with van der Waals surface area (Å²) in [6.07, 6.45) is 2.39. The van der Waals surface area contributed by atoms with Gasteiger partial charge in [0.15, 0.2) is 0 Å². The average Bonchev–Trinajstić information content (AvgIpc) is 2.69. The summed E-state index contributed by atoms with van der Waals surface area (Å²) in [5.41, 5.74) is 1.71. The van der Waals surface area contributed by atoms with Crippen LogP contribution < -0.4 is 10.5 Å². The van der Waals surface area contributed by atoms with Gasteiger partial charge < -0.3 is 10.0 Å². The summed E-state index contributed by atoms with van der Waals surface area (Å²) in [6, 6.07) is 12.8. The van der Waals surface area contributed by atoms with Crippen LogP contribution in [0.5, 0.6) is 0 Å². The number of benzene rings is 1. The topological polar surface area (TPSA) is 84.1 Å². The maximum atomic E-state index is 12.8. The van der Waals surface area contributed by atoms with Crippen molar-refractivity contribution in [1.82, 2.24) is 19.5 Å². The van der Waals surface area contributed by atoms with Crippen LogP contribution in [0.2, 0.25) is 0 Å². The fourth-order valence-corrected chi connectivity index (χ4v) is 3.66. The first kappa shape index (κ1) is 18.3. The average molecular weight is 377 g/mol. The van der Waals surface area contributed by atoms with Gasteiger partial charge in [0, 0.05) is 30.8 Å². The molecule has 0 saturated heterocycles. The molecule has 0 aliphatic carbocycles. The van der Waals surface area contributed by atoms with E-state index in [1.54, 1.807) is 16.8 Å². The highest BCUT2D eigenvalue weighted by Gasteiger charge is 2.33. The first-order valence-corrected chi connectivity index (χ1v) is 9.29. The first-order valence-electron chi connectivity index (χ1n) is 9.29. The Morgan fingerprint density at radius 2 is 1.93 bits per heavy atom. The highest BCUT2D eigenvalue weighted by atomic mass is 16.3. The number of nitrogens with zero attached hydrogens (tertiary/aromatic N) is 5. The second-order valence-corrected chi connectivity index (χ2v) is 7.93. The molecule has 144 valence electrons. The van der Waals surface area contributed by atoms with Gasteiger partial charge in [-0.1, -0.05) is 44.2 Å². The molecule has 0 amide bonds. The number of anilines is 1. The lowest BCUT2D eigenvalue weighted by molar-refractivity contribution is 0.171. The molecule has 3 heterocycles. The lowest BCUT2D eigenvalue weighted by Crippen LogP contribution is -2.48. The summed E-state index contributed by atoms with van der Waals surface area (Å²) in [7, 11) is 0. The van der Waals surface area contributed by atoms with Gasteiger partial charge in [0.1, 0.15) is 6.33 Å². The maximum Gasteiger partial charge on any atom is 0.255 e. The van der Waals surface area contributed by atoms with Crippen molar-refractivity contribution in [2.75, 3.05) is 18.0 Å². The zero-order valence-electron chi connectivity index (χ0n) is 16.0. The predicted molar refractivity (Wildman–Crippen MR) is 107 cm³/mol. The van der Waals surface area contributed by atoms with E-state index in [4.69, 9.17) is 4.98 Å². The zero-order chi connectivity index (χ0) is 19.7. The molecule has 0 fully saturated rings. The van der Waals surface area contributed by atoms with Crippen LogP contribution in [-0.4, -0.2) is 37.7 Å². The Labute approximate surface area is 163 Å². The quantitative estimate of drug-likeness (QED) is 0.751. The number of fused-ring (bicyclic) bond motifs is 1. The van der Waals surface area contributed by atoms with E-state index in [1.807, 2.05) is 35.2 Å². The summed E-state index contributed by atoms with van der Waals surface area (Å²) >= 11 is 0. The molecule has 1 aromatic carbocycles. The SMILES string of the molecule is CC1(C)CN(C[C@@H](O)c2ccccc2)c2nc(-c3ccncn3)cc(=O)n2C1. The molecule has 7 nitrogen and oxygen atoms in total.